The summed E-state index contributed by atoms with van der Waals surface area (Å²) < 4.78 is 0. The normalized spacial score (nSPS) is 11.5. The molecule has 0 atom stereocenters. The Morgan fingerprint density at radius 3 is 2.22 bits per heavy atom. The zero-order valence-electron chi connectivity index (χ0n) is 10.7. The summed E-state index contributed by atoms with van der Waals surface area (Å²) in [5.41, 5.74) is 8.92. The summed E-state index contributed by atoms with van der Waals surface area (Å²) >= 11 is 0. The molecule has 5 nitrogen and oxygen atoms in total. The fourth-order valence-corrected chi connectivity index (χ4v) is 1.29. The Hall–Kier alpha value is -2.17. The first-order valence-corrected chi connectivity index (χ1v) is 5.54. The lowest BCUT2D eigenvalue weighted by atomic mass is 9.87. The third kappa shape index (κ3) is 4.01. The minimum Gasteiger partial charge on any atom is -0.361 e. The predicted molar refractivity (Wildman–Crippen MR) is 70.1 cm³/mol. The van der Waals surface area contributed by atoms with Crippen molar-refractivity contribution in [2.45, 2.75) is 26.2 Å². The molecule has 0 aliphatic rings. The summed E-state index contributed by atoms with van der Waals surface area (Å²) in [4.78, 5) is 21.3. The first kappa shape index (κ1) is 13.9. The maximum absolute atomic E-state index is 10.8. The molecule has 0 aliphatic heterocycles. The average Bonchev–Trinajstić information content (AvgIpc) is 2.28. The van der Waals surface area contributed by atoms with Crippen LogP contribution in [0.5, 0.6) is 0 Å². The van der Waals surface area contributed by atoms with Crippen LogP contribution in [0.1, 0.15) is 31.9 Å². The van der Waals surface area contributed by atoms with Gasteiger partial charge in [0.05, 0.1) is 6.21 Å². The van der Waals surface area contributed by atoms with E-state index in [2.05, 4.69) is 25.9 Å². The lowest BCUT2D eigenvalue weighted by Gasteiger charge is -2.18. The highest BCUT2D eigenvalue weighted by molar-refractivity contribution is 6.34. The van der Waals surface area contributed by atoms with Gasteiger partial charge >= 0.3 is 11.8 Å². The molecule has 1 aromatic carbocycles. The molecule has 0 aromatic heterocycles. The molecular weight excluding hydrogens is 230 g/mol. The van der Waals surface area contributed by atoms with Gasteiger partial charge in [0.15, 0.2) is 0 Å². The molecule has 0 bridgehead atoms. The van der Waals surface area contributed by atoms with Crippen molar-refractivity contribution in [3.05, 3.63) is 35.4 Å². The van der Waals surface area contributed by atoms with Gasteiger partial charge in [-0.3, -0.25) is 9.59 Å². The van der Waals surface area contributed by atoms with Gasteiger partial charge in [0.1, 0.15) is 0 Å². The number of primary amides is 1. The van der Waals surface area contributed by atoms with Crippen molar-refractivity contribution in [2.24, 2.45) is 10.8 Å². The predicted octanol–water partition coefficient (Wildman–Crippen LogP) is 0.919. The molecule has 0 saturated carbocycles. The molecule has 1 rings (SSSR count). The quantitative estimate of drug-likeness (QED) is 0.462. The minimum atomic E-state index is -1.06. The molecule has 96 valence electrons. The summed E-state index contributed by atoms with van der Waals surface area (Å²) in [6.45, 7) is 6.38. The Balaban J connectivity index is 2.67. The van der Waals surface area contributed by atoms with Crippen LogP contribution in [0.25, 0.3) is 0 Å². The topological polar surface area (TPSA) is 84.6 Å². The van der Waals surface area contributed by atoms with Crippen molar-refractivity contribution in [3.63, 3.8) is 0 Å². The van der Waals surface area contributed by atoms with Gasteiger partial charge in [-0.25, -0.2) is 5.43 Å². The van der Waals surface area contributed by atoms with Gasteiger partial charge in [-0.05, 0) is 16.5 Å². The van der Waals surface area contributed by atoms with Crippen LogP contribution in [-0.4, -0.2) is 18.0 Å². The molecule has 1 aromatic rings. The number of amides is 2. The zero-order chi connectivity index (χ0) is 13.8. The van der Waals surface area contributed by atoms with Crippen LogP contribution < -0.4 is 11.2 Å². The van der Waals surface area contributed by atoms with E-state index in [-0.39, 0.29) is 5.41 Å². The molecule has 0 spiro atoms. The number of hydrazone groups is 1. The van der Waals surface area contributed by atoms with E-state index in [1.165, 1.54) is 11.8 Å². The van der Waals surface area contributed by atoms with Crippen molar-refractivity contribution < 1.29 is 9.59 Å². The van der Waals surface area contributed by atoms with Gasteiger partial charge in [-0.2, -0.15) is 5.10 Å². The van der Waals surface area contributed by atoms with Gasteiger partial charge in [0.25, 0.3) is 0 Å². The second-order valence-corrected chi connectivity index (χ2v) is 4.94. The average molecular weight is 247 g/mol. The van der Waals surface area contributed by atoms with E-state index in [4.69, 9.17) is 5.73 Å². The number of rotatable bonds is 2. The van der Waals surface area contributed by atoms with E-state index in [0.29, 0.717) is 0 Å². The number of hydrogen-bond acceptors (Lipinski definition) is 3. The molecule has 3 N–H and O–H groups in total. The summed E-state index contributed by atoms with van der Waals surface area (Å²) in [5, 5.41) is 3.63. The number of benzene rings is 1. The van der Waals surface area contributed by atoms with Crippen LogP contribution in [0.2, 0.25) is 0 Å². The van der Waals surface area contributed by atoms with Crippen LogP contribution in [0.4, 0.5) is 0 Å². The van der Waals surface area contributed by atoms with E-state index < -0.39 is 11.8 Å². The molecule has 0 fully saturated rings. The lowest BCUT2D eigenvalue weighted by Crippen LogP contribution is -2.32. The van der Waals surface area contributed by atoms with Crippen molar-refractivity contribution in [1.29, 1.82) is 0 Å². The van der Waals surface area contributed by atoms with E-state index >= 15 is 0 Å². The second-order valence-electron chi connectivity index (χ2n) is 4.94. The maximum Gasteiger partial charge on any atom is 0.329 e. The monoisotopic (exact) mass is 247 g/mol. The summed E-state index contributed by atoms with van der Waals surface area (Å²) in [5.74, 6) is -1.99. The Bertz CT molecular complexity index is 470. The fraction of sp³-hybridized carbons (Fsp3) is 0.308. The van der Waals surface area contributed by atoms with Gasteiger partial charge in [0, 0.05) is 0 Å². The van der Waals surface area contributed by atoms with E-state index in [0.717, 1.165) is 5.56 Å². The van der Waals surface area contributed by atoms with Gasteiger partial charge in [0.2, 0.25) is 0 Å². The number of hydrogen-bond donors (Lipinski definition) is 2. The van der Waals surface area contributed by atoms with E-state index in [1.807, 2.05) is 29.7 Å². The molecule has 0 heterocycles. The summed E-state index contributed by atoms with van der Waals surface area (Å²) in [6, 6.07) is 7.77. The van der Waals surface area contributed by atoms with Crippen LogP contribution in [0, 0.1) is 0 Å². The highest BCUT2D eigenvalue weighted by Gasteiger charge is 2.12. The number of nitrogens with one attached hydrogen (secondary N) is 1. The molecule has 5 heteroatoms. The molecule has 0 saturated heterocycles. The summed E-state index contributed by atoms with van der Waals surface area (Å²) in [7, 11) is 0. The number of carbonyl (C=O) groups excluding carboxylic acids is 2. The Labute approximate surface area is 106 Å². The van der Waals surface area contributed by atoms with Crippen LogP contribution in [-0.2, 0) is 15.0 Å². The molecular formula is C13H17N3O2. The maximum atomic E-state index is 10.8. The van der Waals surface area contributed by atoms with Crippen LogP contribution >= 0.6 is 0 Å². The molecule has 0 unspecified atom stereocenters. The highest BCUT2D eigenvalue weighted by Crippen LogP contribution is 2.21. The van der Waals surface area contributed by atoms with Crippen molar-refractivity contribution >= 4 is 18.0 Å². The van der Waals surface area contributed by atoms with Gasteiger partial charge < -0.3 is 5.73 Å². The highest BCUT2D eigenvalue weighted by atomic mass is 16.2. The third-order valence-corrected chi connectivity index (χ3v) is 2.38. The first-order chi connectivity index (χ1) is 8.30. The van der Waals surface area contributed by atoms with E-state index in [1.54, 1.807) is 0 Å². The van der Waals surface area contributed by atoms with Gasteiger partial charge in [-0.15, -0.1) is 0 Å². The largest absolute Gasteiger partial charge is 0.361 e. The standard InChI is InChI=1S/C13H17N3O2/c1-13(2,3)10-6-4-9(5-7-10)8-15-16-12(18)11(14)17/h4-8H,1-3H3,(H2,14,17)(H,16,18)/b15-8+. The smallest absolute Gasteiger partial charge is 0.329 e. The number of carbonyl (C=O) groups is 2. The van der Waals surface area contributed by atoms with Crippen molar-refractivity contribution in [2.75, 3.05) is 0 Å². The second kappa shape index (κ2) is 5.44. The third-order valence-electron chi connectivity index (χ3n) is 2.38. The van der Waals surface area contributed by atoms with Crippen molar-refractivity contribution in [3.8, 4) is 0 Å². The SMILES string of the molecule is CC(C)(C)c1ccc(/C=N/NC(=O)C(N)=O)cc1. The number of nitrogens with two attached hydrogens (primary N) is 1. The number of nitrogens with zero attached hydrogens (tertiary/aromatic N) is 1. The molecule has 0 radical (unpaired) electrons. The van der Waals surface area contributed by atoms with Crippen LogP contribution in [0.15, 0.2) is 29.4 Å². The summed E-state index contributed by atoms with van der Waals surface area (Å²) in [6.07, 6.45) is 1.45. The Morgan fingerprint density at radius 2 is 1.78 bits per heavy atom. The van der Waals surface area contributed by atoms with Crippen molar-refractivity contribution in [1.82, 2.24) is 5.43 Å². The Kier molecular flexibility index (Phi) is 4.20. The molecule has 2 amide bonds. The molecule has 0 aliphatic carbocycles. The van der Waals surface area contributed by atoms with Gasteiger partial charge in [-0.1, -0.05) is 45.0 Å². The fourth-order valence-electron chi connectivity index (χ4n) is 1.29. The molecule has 18 heavy (non-hydrogen) atoms. The minimum absolute atomic E-state index is 0.0931. The van der Waals surface area contributed by atoms with Crippen LogP contribution in [0.3, 0.4) is 0 Å². The Morgan fingerprint density at radius 1 is 1.22 bits per heavy atom. The first-order valence-electron chi connectivity index (χ1n) is 5.54. The zero-order valence-corrected chi connectivity index (χ0v) is 10.7. The lowest BCUT2D eigenvalue weighted by molar-refractivity contribution is -0.137. The van der Waals surface area contributed by atoms with E-state index in [9.17, 15) is 9.59 Å².